The zero-order valence-electron chi connectivity index (χ0n) is 8.83. The Morgan fingerprint density at radius 2 is 1.64 bits per heavy atom. The van der Waals surface area contributed by atoms with Gasteiger partial charge in [0.05, 0.1) is 14.2 Å². The molecule has 0 fully saturated rings. The normalized spacial score (nSPS) is 10.0. The van der Waals surface area contributed by atoms with Crippen molar-refractivity contribution in [2.45, 2.75) is 13.3 Å². The highest BCUT2D eigenvalue weighted by molar-refractivity contribution is 5.47. The van der Waals surface area contributed by atoms with Gasteiger partial charge in [0.25, 0.3) is 0 Å². The van der Waals surface area contributed by atoms with Gasteiger partial charge in [0, 0.05) is 18.6 Å². The Morgan fingerprint density at radius 3 is 2.00 bits per heavy atom. The summed E-state index contributed by atoms with van der Waals surface area (Å²) in [4.78, 5) is 0. The maximum absolute atomic E-state index is 8.92. The molecule has 0 heterocycles. The number of benzene rings is 1. The van der Waals surface area contributed by atoms with E-state index in [0.717, 1.165) is 22.6 Å². The summed E-state index contributed by atoms with van der Waals surface area (Å²) in [5.74, 6) is 1.55. The van der Waals surface area contributed by atoms with Crippen LogP contribution >= 0.6 is 0 Å². The molecule has 78 valence electrons. The van der Waals surface area contributed by atoms with Crippen molar-refractivity contribution < 1.29 is 14.6 Å². The van der Waals surface area contributed by atoms with Crippen LogP contribution in [0.15, 0.2) is 12.1 Å². The van der Waals surface area contributed by atoms with Gasteiger partial charge in [-0.2, -0.15) is 0 Å². The highest BCUT2D eigenvalue weighted by atomic mass is 16.5. The Hall–Kier alpha value is -1.22. The van der Waals surface area contributed by atoms with E-state index >= 15 is 0 Å². The summed E-state index contributed by atoms with van der Waals surface area (Å²) >= 11 is 0. The van der Waals surface area contributed by atoms with Crippen LogP contribution in [0.4, 0.5) is 0 Å². The monoisotopic (exact) mass is 196 g/mol. The SMILES string of the molecule is COc1cc(C)cc(OC)c1CCO. The van der Waals surface area contributed by atoms with Gasteiger partial charge in [0.15, 0.2) is 0 Å². The molecule has 14 heavy (non-hydrogen) atoms. The van der Waals surface area contributed by atoms with Gasteiger partial charge >= 0.3 is 0 Å². The third-order valence-electron chi connectivity index (χ3n) is 2.11. The number of rotatable bonds is 4. The van der Waals surface area contributed by atoms with Gasteiger partial charge in [-0.25, -0.2) is 0 Å². The molecular formula is C11H16O3. The van der Waals surface area contributed by atoms with Crippen molar-refractivity contribution >= 4 is 0 Å². The molecule has 0 aromatic heterocycles. The van der Waals surface area contributed by atoms with Crippen LogP contribution in [0, 0.1) is 6.92 Å². The van der Waals surface area contributed by atoms with Gasteiger partial charge in [-0.1, -0.05) is 0 Å². The van der Waals surface area contributed by atoms with Crippen LogP contribution in [0.2, 0.25) is 0 Å². The van der Waals surface area contributed by atoms with Crippen LogP contribution in [0.5, 0.6) is 11.5 Å². The summed E-state index contributed by atoms with van der Waals surface area (Å²) in [6.07, 6.45) is 0.548. The molecule has 0 aliphatic carbocycles. The lowest BCUT2D eigenvalue weighted by Crippen LogP contribution is -2.00. The lowest BCUT2D eigenvalue weighted by molar-refractivity contribution is 0.293. The Kier molecular flexibility index (Phi) is 3.77. The van der Waals surface area contributed by atoms with Gasteiger partial charge in [0.2, 0.25) is 0 Å². The lowest BCUT2D eigenvalue weighted by Gasteiger charge is -2.13. The van der Waals surface area contributed by atoms with Crippen LogP contribution in [-0.2, 0) is 6.42 Å². The van der Waals surface area contributed by atoms with Gasteiger partial charge in [-0.05, 0) is 24.6 Å². The number of methoxy groups -OCH3 is 2. The fraction of sp³-hybridized carbons (Fsp3) is 0.455. The third kappa shape index (κ3) is 2.17. The van der Waals surface area contributed by atoms with E-state index < -0.39 is 0 Å². The van der Waals surface area contributed by atoms with Crippen molar-refractivity contribution in [1.82, 2.24) is 0 Å². The average Bonchev–Trinajstić information content (AvgIpc) is 2.20. The smallest absolute Gasteiger partial charge is 0.126 e. The number of hydrogen-bond donors (Lipinski definition) is 1. The number of aliphatic hydroxyl groups excluding tert-OH is 1. The molecule has 1 aromatic carbocycles. The number of aliphatic hydroxyl groups is 1. The van der Waals surface area contributed by atoms with Gasteiger partial charge in [0.1, 0.15) is 11.5 Å². The van der Waals surface area contributed by atoms with E-state index in [4.69, 9.17) is 14.6 Å². The first-order valence-corrected chi connectivity index (χ1v) is 4.55. The Bertz CT molecular complexity index is 282. The fourth-order valence-corrected chi connectivity index (χ4v) is 1.47. The minimum absolute atomic E-state index is 0.0930. The minimum Gasteiger partial charge on any atom is -0.496 e. The van der Waals surface area contributed by atoms with E-state index in [1.165, 1.54) is 0 Å². The van der Waals surface area contributed by atoms with Crippen LogP contribution in [0.1, 0.15) is 11.1 Å². The second-order valence-electron chi connectivity index (χ2n) is 3.12. The molecule has 3 nitrogen and oxygen atoms in total. The molecule has 0 atom stereocenters. The molecule has 1 rings (SSSR count). The van der Waals surface area contributed by atoms with E-state index in [-0.39, 0.29) is 6.61 Å². The zero-order chi connectivity index (χ0) is 10.6. The Labute approximate surface area is 84.3 Å². The average molecular weight is 196 g/mol. The van der Waals surface area contributed by atoms with Crippen molar-refractivity contribution in [1.29, 1.82) is 0 Å². The summed E-state index contributed by atoms with van der Waals surface area (Å²) in [6, 6.07) is 3.88. The molecule has 0 aliphatic rings. The maximum atomic E-state index is 8.92. The van der Waals surface area contributed by atoms with Crippen molar-refractivity contribution in [3.63, 3.8) is 0 Å². The summed E-state index contributed by atoms with van der Waals surface area (Å²) in [5.41, 5.74) is 2.00. The van der Waals surface area contributed by atoms with Crippen LogP contribution in [0.25, 0.3) is 0 Å². The Morgan fingerprint density at radius 1 is 1.14 bits per heavy atom. The standard InChI is InChI=1S/C11H16O3/c1-8-6-10(13-2)9(4-5-12)11(7-8)14-3/h6-7,12H,4-5H2,1-3H3. The van der Waals surface area contributed by atoms with E-state index in [9.17, 15) is 0 Å². The van der Waals surface area contributed by atoms with Gasteiger partial charge in [-0.15, -0.1) is 0 Å². The van der Waals surface area contributed by atoms with Crippen molar-refractivity contribution in [3.05, 3.63) is 23.3 Å². The first kappa shape index (κ1) is 10.9. The summed E-state index contributed by atoms with van der Waals surface area (Å²) in [7, 11) is 3.24. The minimum atomic E-state index is 0.0930. The highest BCUT2D eigenvalue weighted by Crippen LogP contribution is 2.30. The van der Waals surface area contributed by atoms with E-state index in [1.807, 2.05) is 19.1 Å². The first-order chi connectivity index (χ1) is 6.72. The summed E-state index contributed by atoms with van der Waals surface area (Å²) in [5, 5.41) is 8.92. The van der Waals surface area contributed by atoms with Crippen LogP contribution in [0.3, 0.4) is 0 Å². The molecule has 0 spiro atoms. The molecule has 0 radical (unpaired) electrons. The first-order valence-electron chi connectivity index (χ1n) is 4.55. The van der Waals surface area contributed by atoms with E-state index in [0.29, 0.717) is 6.42 Å². The maximum Gasteiger partial charge on any atom is 0.126 e. The third-order valence-corrected chi connectivity index (χ3v) is 2.11. The Balaban J connectivity index is 3.18. The van der Waals surface area contributed by atoms with Crippen molar-refractivity contribution in [2.24, 2.45) is 0 Å². The molecule has 0 aliphatic heterocycles. The topological polar surface area (TPSA) is 38.7 Å². The van der Waals surface area contributed by atoms with Crippen molar-refractivity contribution in [3.8, 4) is 11.5 Å². The second kappa shape index (κ2) is 4.86. The molecule has 0 bridgehead atoms. The molecule has 0 saturated carbocycles. The number of hydrogen-bond acceptors (Lipinski definition) is 3. The van der Waals surface area contributed by atoms with E-state index in [1.54, 1.807) is 14.2 Å². The summed E-state index contributed by atoms with van der Waals surface area (Å²) in [6.45, 7) is 2.07. The van der Waals surface area contributed by atoms with Gasteiger partial charge < -0.3 is 14.6 Å². The fourth-order valence-electron chi connectivity index (χ4n) is 1.47. The van der Waals surface area contributed by atoms with E-state index in [2.05, 4.69) is 0 Å². The molecule has 0 saturated heterocycles. The quantitative estimate of drug-likeness (QED) is 0.794. The van der Waals surface area contributed by atoms with Gasteiger partial charge in [-0.3, -0.25) is 0 Å². The molecule has 1 N–H and O–H groups in total. The molecule has 3 heteroatoms. The second-order valence-corrected chi connectivity index (χ2v) is 3.12. The predicted molar refractivity (Wildman–Crippen MR) is 55.1 cm³/mol. The number of ether oxygens (including phenoxy) is 2. The summed E-state index contributed by atoms with van der Waals surface area (Å²) < 4.78 is 10.5. The highest BCUT2D eigenvalue weighted by Gasteiger charge is 2.10. The predicted octanol–water partition coefficient (Wildman–Crippen LogP) is 1.55. The molecule has 0 amide bonds. The number of aryl methyl sites for hydroxylation is 1. The van der Waals surface area contributed by atoms with Crippen LogP contribution < -0.4 is 9.47 Å². The largest absolute Gasteiger partial charge is 0.496 e. The van der Waals surface area contributed by atoms with Crippen LogP contribution in [-0.4, -0.2) is 25.9 Å². The zero-order valence-corrected chi connectivity index (χ0v) is 8.83. The molecule has 1 aromatic rings. The molecule has 0 unspecified atom stereocenters. The lowest BCUT2D eigenvalue weighted by atomic mass is 10.1. The van der Waals surface area contributed by atoms with Crippen molar-refractivity contribution in [2.75, 3.05) is 20.8 Å². The molecular weight excluding hydrogens is 180 g/mol.